The summed E-state index contributed by atoms with van der Waals surface area (Å²) in [6.07, 6.45) is 7.00. The summed E-state index contributed by atoms with van der Waals surface area (Å²) < 4.78 is 11.3. The second-order valence-electron chi connectivity index (χ2n) is 10.00. The lowest BCUT2D eigenvalue weighted by molar-refractivity contribution is -0.138. The zero-order valence-corrected chi connectivity index (χ0v) is 22.3. The highest BCUT2D eigenvalue weighted by Crippen LogP contribution is 2.28. The topological polar surface area (TPSA) is 88.2 Å². The predicted octanol–water partition coefficient (Wildman–Crippen LogP) is 5.63. The summed E-state index contributed by atoms with van der Waals surface area (Å²) in [6.45, 7) is 4.03. The van der Waals surface area contributed by atoms with Crippen LogP contribution >= 0.6 is 0 Å². The number of para-hydroxylation sites is 1. The van der Waals surface area contributed by atoms with Crippen LogP contribution in [0.4, 0.5) is 10.5 Å². The molecule has 1 aliphatic carbocycles. The van der Waals surface area contributed by atoms with E-state index < -0.39 is 17.7 Å². The lowest BCUT2D eigenvalue weighted by Crippen LogP contribution is -2.59. The summed E-state index contributed by atoms with van der Waals surface area (Å²) in [5.41, 5.74) is 0.502. The van der Waals surface area contributed by atoms with Crippen molar-refractivity contribution in [3.8, 4) is 11.5 Å². The molecule has 2 aromatic carbocycles. The Morgan fingerprint density at radius 2 is 1.63 bits per heavy atom. The number of unbranched alkanes of at least 4 members (excludes halogenated alkanes) is 1. The molecule has 1 aliphatic heterocycles. The molecular formula is C30H39N3O5. The average Bonchev–Trinajstić information content (AvgIpc) is 2.97. The summed E-state index contributed by atoms with van der Waals surface area (Å²) in [5.74, 6) is 0.0839. The second kappa shape index (κ2) is 14.0. The fourth-order valence-electron chi connectivity index (χ4n) is 5.19. The van der Waals surface area contributed by atoms with E-state index in [0.717, 1.165) is 44.9 Å². The van der Waals surface area contributed by atoms with Crippen LogP contribution in [0.3, 0.4) is 0 Å². The molecule has 1 saturated heterocycles. The molecule has 0 radical (unpaired) electrons. The van der Waals surface area contributed by atoms with Crippen LogP contribution in [-0.4, -0.2) is 65.9 Å². The molecule has 4 rings (SSSR count). The van der Waals surface area contributed by atoms with Crippen LogP contribution in [-0.2, 0) is 14.3 Å². The maximum atomic E-state index is 13.8. The predicted molar refractivity (Wildman–Crippen MR) is 146 cm³/mol. The van der Waals surface area contributed by atoms with Gasteiger partial charge in [0.1, 0.15) is 17.5 Å². The molecule has 2 aliphatic rings. The van der Waals surface area contributed by atoms with Gasteiger partial charge in [0.05, 0.1) is 13.2 Å². The monoisotopic (exact) mass is 521 g/mol. The lowest BCUT2D eigenvalue weighted by Gasteiger charge is -2.42. The van der Waals surface area contributed by atoms with E-state index in [4.69, 9.17) is 9.47 Å². The number of nitrogens with one attached hydrogen (secondary N) is 1. The Hall–Kier alpha value is -3.39. The number of carbonyl (C=O) groups excluding carboxylic acids is 3. The van der Waals surface area contributed by atoms with Crippen molar-refractivity contribution in [2.45, 2.75) is 70.4 Å². The summed E-state index contributed by atoms with van der Waals surface area (Å²) in [7, 11) is 0. The van der Waals surface area contributed by atoms with Gasteiger partial charge in [0, 0.05) is 24.8 Å². The minimum Gasteiger partial charge on any atom is -0.457 e. The number of hydrogen-bond donors (Lipinski definition) is 1. The molecule has 2 aromatic rings. The van der Waals surface area contributed by atoms with Crippen molar-refractivity contribution >= 4 is 23.4 Å². The Morgan fingerprint density at radius 3 is 2.29 bits per heavy atom. The normalized spacial score (nSPS) is 16.9. The van der Waals surface area contributed by atoms with E-state index in [1.165, 1.54) is 0 Å². The highest BCUT2D eigenvalue weighted by molar-refractivity contribution is 6.42. The highest BCUT2D eigenvalue weighted by atomic mass is 16.5. The second-order valence-corrected chi connectivity index (χ2v) is 10.00. The van der Waals surface area contributed by atoms with Gasteiger partial charge < -0.3 is 24.6 Å². The van der Waals surface area contributed by atoms with Crippen LogP contribution < -0.4 is 10.1 Å². The van der Waals surface area contributed by atoms with Crippen LogP contribution in [0.25, 0.3) is 0 Å². The molecule has 0 spiro atoms. The van der Waals surface area contributed by atoms with Crippen LogP contribution in [0, 0.1) is 0 Å². The van der Waals surface area contributed by atoms with E-state index in [0.29, 0.717) is 49.9 Å². The van der Waals surface area contributed by atoms with Gasteiger partial charge >= 0.3 is 6.03 Å². The number of benzene rings is 2. The third kappa shape index (κ3) is 7.34. The Balaban J connectivity index is 1.49. The first-order chi connectivity index (χ1) is 18.6. The van der Waals surface area contributed by atoms with E-state index in [2.05, 4.69) is 12.2 Å². The Bertz CT molecular complexity index is 1050. The van der Waals surface area contributed by atoms with E-state index in [1.807, 2.05) is 30.3 Å². The molecule has 1 N–H and O–H groups in total. The fraction of sp³-hybridized carbons (Fsp3) is 0.500. The molecule has 8 nitrogen and oxygen atoms in total. The lowest BCUT2D eigenvalue weighted by atomic mass is 9.91. The van der Waals surface area contributed by atoms with Gasteiger partial charge in [-0.25, -0.2) is 4.79 Å². The number of carbonyl (C=O) groups is 3. The van der Waals surface area contributed by atoms with E-state index in [-0.39, 0.29) is 12.1 Å². The number of anilines is 1. The van der Waals surface area contributed by atoms with Gasteiger partial charge in [-0.3, -0.25) is 9.59 Å². The van der Waals surface area contributed by atoms with Gasteiger partial charge in [-0.1, -0.05) is 57.2 Å². The van der Waals surface area contributed by atoms with E-state index in [1.54, 1.807) is 34.1 Å². The maximum Gasteiger partial charge on any atom is 0.321 e. The molecule has 38 heavy (non-hydrogen) atoms. The zero-order valence-electron chi connectivity index (χ0n) is 22.3. The number of ether oxygens (including phenoxy) is 2. The number of nitrogens with zero attached hydrogens (tertiary/aromatic N) is 2. The van der Waals surface area contributed by atoms with Crippen molar-refractivity contribution in [2.75, 3.05) is 31.6 Å². The third-order valence-corrected chi connectivity index (χ3v) is 7.26. The molecule has 0 aromatic heterocycles. The van der Waals surface area contributed by atoms with Crippen molar-refractivity contribution in [1.82, 2.24) is 9.80 Å². The minimum absolute atomic E-state index is 0.0351. The molecule has 204 valence electrons. The molecule has 2 fully saturated rings. The molecule has 8 heteroatoms. The summed E-state index contributed by atoms with van der Waals surface area (Å²) in [4.78, 5) is 44.2. The van der Waals surface area contributed by atoms with Crippen LogP contribution in [0.2, 0.25) is 0 Å². The van der Waals surface area contributed by atoms with Gasteiger partial charge in [-0.15, -0.1) is 0 Å². The third-order valence-electron chi connectivity index (χ3n) is 7.26. The Kier molecular flexibility index (Phi) is 10.1. The van der Waals surface area contributed by atoms with Crippen LogP contribution in [0.5, 0.6) is 11.5 Å². The quantitative estimate of drug-likeness (QED) is 0.409. The van der Waals surface area contributed by atoms with Crippen LogP contribution in [0.1, 0.15) is 58.3 Å². The van der Waals surface area contributed by atoms with E-state index >= 15 is 0 Å². The molecule has 3 amide bonds. The maximum absolute atomic E-state index is 13.8. The SMILES string of the molecule is CCCC[C@@H](C(=O)C(=O)Nc1ccc(Oc2ccccc2)cc1)N(C(=O)N1CCOCC1)C1CCCCC1. The van der Waals surface area contributed by atoms with Crippen molar-refractivity contribution in [2.24, 2.45) is 0 Å². The number of amides is 3. The fourth-order valence-corrected chi connectivity index (χ4v) is 5.19. The number of morpholine rings is 1. The average molecular weight is 522 g/mol. The van der Waals surface area contributed by atoms with Crippen LogP contribution in [0.15, 0.2) is 54.6 Å². The van der Waals surface area contributed by atoms with Gasteiger partial charge in [0.25, 0.3) is 5.91 Å². The van der Waals surface area contributed by atoms with Gasteiger partial charge in [-0.05, 0) is 55.7 Å². The largest absolute Gasteiger partial charge is 0.457 e. The number of urea groups is 1. The Labute approximate surface area is 225 Å². The number of ketones is 1. The number of rotatable bonds is 10. The van der Waals surface area contributed by atoms with Crippen molar-refractivity contribution < 1.29 is 23.9 Å². The first-order valence-electron chi connectivity index (χ1n) is 13.9. The number of Topliss-reactive ketones (excluding diaryl/α,β-unsaturated/α-hetero) is 1. The summed E-state index contributed by atoms with van der Waals surface area (Å²) in [5, 5.41) is 2.75. The van der Waals surface area contributed by atoms with Crippen molar-refractivity contribution in [1.29, 1.82) is 0 Å². The highest BCUT2D eigenvalue weighted by Gasteiger charge is 2.40. The van der Waals surface area contributed by atoms with E-state index in [9.17, 15) is 14.4 Å². The Morgan fingerprint density at radius 1 is 0.974 bits per heavy atom. The summed E-state index contributed by atoms with van der Waals surface area (Å²) in [6, 6.07) is 15.4. The molecule has 1 heterocycles. The first kappa shape index (κ1) is 27.6. The van der Waals surface area contributed by atoms with Gasteiger partial charge in [0.15, 0.2) is 0 Å². The molecule has 1 atom stereocenters. The van der Waals surface area contributed by atoms with Gasteiger partial charge in [-0.2, -0.15) is 0 Å². The smallest absolute Gasteiger partial charge is 0.321 e. The zero-order chi connectivity index (χ0) is 26.7. The van der Waals surface area contributed by atoms with Crippen molar-refractivity contribution in [3.63, 3.8) is 0 Å². The van der Waals surface area contributed by atoms with Gasteiger partial charge in [0.2, 0.25) is 5.78 Å². The standard InChI is InChI=1S/C30H39N3O5/c1-2-3-14-27(33(24-10-6-4-7-11-24)30(36)32-19-21-37-22-20-32)28(34)29(35)31-23-15-17-26(18-16-23)38-25-12-8-5-9-13-25/h5,8-9,12-13,15-18,24,27H,2-4,6-7,10-11,14,19-22H2,1H3,(H,31,35)/t27-/m0/s1. The molecule has 0 unspecified atom stereocenters. The molecular weight excluding hydrogens is 482 g/mol. The molecule has 0 bridgehead atoms. The summed E-state index contributed by atoms with van der Waals surface area (Å²) >= 11 is 0. The molecule has 1 saturated carbocycles. The number of hydrogen-bond acceptors (Lipinski definition) is 5. The first-order valence-corrected chi connectivity index (χ1v) is 13.9. The van der Waals surface area contributed by atoms with Crippen molar-refractivity contribution in [3.05, 3.63) is 54.6 Å². The minimum atomic E-state index is -0.783.